The lowest BCUT2D eigenvalue weighted by atomic mass is 10.2. The number of nitro benzene ring substituents is 1. The average molecular weight is 604 g/mol. The summed E-state index contributed by atoms with van der Waals surface area (Å²) in [5.74, 6) is -0.205. The fraction of sp³-hybridized carbons (Fsp3) is 0.176. The monoisotopic (exact) mass is 602 g/mol. The maximum atomic E-state index is 12.5. The summed E-state index contributed by atoms with van der Waals surface area (Å²) in [6, 6.07) is 10.9. The van der Waals surface area contributed by atoms with Crippen LogP contribution < -0.4 is 20.7 Å². The molecule has 0 fully saturated rings. The zero-order valence-corrected chi connectivity index (χ0v) is 20.4. The third-order valence-electron chi connectivity index (χ3n) is 3.63. The molecule has 1 unspecified atom stereocenters. The fourth-order valence-corrected chi connectivity index (χ4v) is 3.11. The van der Waals surface area contributed by atoms with E-state index in [1.54, 1.807) is 24.3 Å². The standard InChI is InChI=1S/C17H14Cl3IN4O4S/c1-29-11-6-7-12(13(8-11)25(27)28)22-16(30)24-15(17(18,19)20)23-14(26)9-2-4-10(21)5-3-9/h2-8,15H,1H3,(H,23,26)(H2,22,24,30). The largest absolute Gasteiger partial charge is 0.496 e. The maximum absolute atomic E-state index is 12.5. The van der Waals surface area contributed by atoms with Gasteiger partial charge in [-0.1, -0.05) is 34.8 Å². The third kappa shape index (κ3) is 6.98. The number of nitrogens with one attached hydrogen (secondary N) is 3. The van der Waals surface area contributed by atoms with Crippen LogP contribution in [0.3, 0.4) is 0 Å². The number of anilines is 1. The molecule has 1 atom stereocenters. The van der Waals surface area contributed by atoms with Crippen LogP contribution in [0.15, 0.2) is 42.5 Å². The van der Waals surface area contributed by atoms with Crippen LogP contribution in [0.2, 0.25) is 0 Å². The van der Waals surface area contributed by atoms with E-state index in [0.29, 0.717) is 11.3 Å². The Bertz CT molecular complexity index is 957. The van der Waals surface area contributed by atoms with E-state index in [0.717, 1.165) is 3.57 Å². The van der Waals surface area contributed by atoms with E-state index < -0.39 is 20.8 Å². The summed E-state index contributed by atoms with van der Waals surface area (Å²) >= 11 is 25.2. The number of methoxy groups -OCH3 is 1. The second-order valence-electron chi connectivity index (χ2n) is 5.69. The summed E-state index contributed by atoms with van der Waals surface area (Å²) in [4.78, 5) is 23.2. The molecule has 3 N–H and O–H groups in total. The van der Waals surface area contributed by atoms with Crippen LogP contribution >= 0.6 is 69.6 Å². The van der Waals surface area contributed by atoms with Gasteiger partial charge in [-0.05, 0) is 71.2 Å². The van der Waals surface area contributed by atoms with Crippen molar-refractivity contribution < 1.29 is 14.5 Å². The van der Waals surface area contributed by atoms with Crippen molar-refractivity contribution >= 4 is 92.0 Å². The summed E-state index contributed by atoms with van der Waals surface area (Å²) in [5, 5.41) is 19.0. The topological polar surface area (TPSA) is 106 Å². The van der Waals surface area contributed by atoms with Crippen molar-refractivity contribution in [2.45, 2.75) is 9.96 Å². The Hall–Kier alpha value is -1.60. The summed E-state index contributed by atoms with van der Waals surface area (Å²) < 4.78 is 3.96. The van der Waals surface area contributed by atoms with Gasteiger partial charge in [0.25, 0.3) is 11.6 Å². The number of hydrogen-bond acceptors (Lipinski definition) is 5. The smallest absolute Gasteiger partial charge is 0.296 e. The third-order valence-corrected chi connectivity index (χ3v) is 5.23. The summed E-state index contributed by atoms with van der Waals surface area (Å²) in [6.07, 6.45) is -1.23. The lowest BCUT2D eigenvalue weighted by Crippen LogP contribution is -2.56. The molecule has 2 aromatic rings. The molecule has 0 aliphatic rings. The number of halogens is 4. The number of thiocarbonyl (C=S) groups is 1. The summed E-state index contributed by atoms with van der Waals surface area (Å²) in [6.45, 7) is 0. The Balaban J connectivity index is 2.15. The quantitative estimate of drug-likeness (QED) is 0.111. The van der Waals surface area contributed by atoms with Gasteiger partial charge in [-0.25, -0.2) is 0 Å². The SMILES string of the molecule is COc1ccc(NC(=S)NC(NC(=O)c2ccc(I)cc2)C(Cl)(Cl)Cl)c([N+](=O)[O-])c1. The van der Waals surface area contributed by atoms with Gasteiger partial charge in [-0.15, -0.1) is 0 Å². The Kier molecular flexibility index (Phi) is 8.73. The Morgan fingerprint density at radius 3 is 2.37 bits per heavy atom. The van der Waals surface area contributed by atoms with Crippen molar-refractivity contribution in [3.05, 3.63) is 61.7 Å². The van der Waals surface area contributed by atoms with Gasteiger partial charge in [0.15, 0.2) is 5.11 Å². The number of carbonyl (C=O) groups is 1. The molecule has 13 heteroatoms. The Labute approximate surface area is 205 Å². The zero-order chi connectivity index (χ0) is 22.5. The number of benzene rings is 2. The van der Waals surface area contributed by atoms with Crippen molar-refractivity contribution in [2.75, 3.05) is 12.4 Å². The fourth-order valence-electron chi connectivity index (χ4n) is 2.20. The molecule has 0 saturated heterocycles. The van der Waals surface area contributed by atoms with Crippen molar-refractivity contribution in [1.29, 1.82) is 0 Å². The molecule has 2 aromatic carbocycles. The molecular weight excluding hydrogens is 590 g/mol. The Morgan fingerprint density at radius 2 is 1.83 bits per heavy atom. The lowest BCUT2D eigenvalue weighted by Gasteiger charge is -2.27. The first-order chi connectivity index (χ1) is 14.0. The number of ether oxygens (including phenoxy) is 1. The molecule has 0 aromatic heterocycles. The highest BCUT2D eigenvalue weighted by molar-refractivity contribution is 14.1. The molecule has 0 aliphatic heterocycles. The first-order valence-corrected chi connectivity index (χ1v) is 10.7. The van der Waals surface area contributed by atoms with Crippen LogP contribution in [0, 0.1) is 13.7 Å². The zero-order valence-electron chi connectivity index (χ0n) is 15.1. The van der Waals surface area contributed by atoms with Crippen LogP contribution in [0.5, 0.6) is 5.75 Å². The van der Waals surface area contributed by atoms with Crippen molar-refractivity contribution in [3.8, 4) is 5.75 Å². The van der Waals surface area contributed by atoms with Gasteiger partial charge in [0.2, 0.25) is 3.79 Å². The minimum atomic E-state index is -1.98. The first-order valence-electron chi connectivity index (χ1n) is 8.04. The minimum Gasteiger partial charge on any atom is -0.496 e. The van der Waals surface area contributed by atoms with Gasteiger partial charge in [-0.2, -0.15) is 0 Å². The molecule has 1 amide bonds. The lowest BCUT2D eigenvalue weighted by molar-refractivity contribution is -0.384. The van der Waals surface area contributed by atoms with Crippen LogP contribution in [-0.2, 0) is 0 Å². The number of hydrogen-bond donors (Lipinski definition) is 3. The van der Waals surface area contributed by atoms with E-state index in [1.165, 1.54) is 25.3 Å². The van der Waals surface area contributed by atoms with Crippen LogP contribution in [-0.4, -0.2) is 33.0 Å². The van der Waals surface area contributed by atoms with Gasteiger partial charge < -0.3 is 20.7 Å². The second kappa shape index (κ2) is 10.6. The predicted octanol–water partition coefficient (Wildman–Crippen LogP) is 4.62. The summed E-state index contributed by atoms with van der Waals surface area (Å²) in [5.41, 5.74) is 0.165. The molecular formula is C17H14Cl3IN4O4S. The highest BCUT2D eigenvalue weighted by Crippen LogP contribution is 2.31. The predicted molar refractivity (Wildman–Crippen MR) is 130 cm³/mol. The van der Waals surface area contributed by atoms with E-state index in [1.807, 2.05) is 0 Å². The Morgan fingerprint density at radius 1 is 1.20 bits per heavy atom. The van der Waals surface area contributed by atoms with Gasteiger partial charge >= 0.3 is 0 Å². The van der Waals surface area contributed by atoms with Crippen molar-refractivity contribution in [2.24, 2.45) is 0 Å². The summed E-state index contributed by atoms with van der Waals surface area (Å²) in [7, 11) is 1.39. The van der Waals surface area contributed by atoms with Crippen LogP contribution in [0.25, 0.3) is 0 Å². The van der Waals surface area contributed by atoms with Crippen LogP contribution in [0.4, 0.5) is 11.4 Å². The molecule has 0 radical (unpaired) electrons. The van der Waals surface area contributed by atoms with E-state index in [-0.39, 0.29) is 16.5 Å². The van der Waals surface area contributed by atoms with Gasteiger partial charge in [-0.3, -0.25) is 14.9 Å². The molecule has 0 aliphatic carbocycles. The number of nitrogens with zero attached hydrogens (tertiary/aromatic N) is 1. The van der Waals surface area contributed by atoms with Gasteiger partial charge in [0.1, 0.15) is 17.6 Å². The van der Waals surface area contributed by atoms with E-state index in [2.05, 4.69) is 38.5 Å². The average Bonchev–Trinajstić information content (AvgIpc) is 2.67. The van der Waals surface area contributed by atoms with E-state index in [9.17, 15) is 14.9 Å². The van der Waals surface area contributed by atoms with E-state index >= 15 is 0 Å². The van der Waals surface area contributed by atoms with Gasteiger partial charge in [0, 0.05) is 9.13 Å². The molecule has 8 nitrogen and oxygen atoms in total. The van der Waals surface area contributed by atoms with Crippen LogP contribution in [0.1, 0.15) is 10.4 Å². The number of amides is 1. The van der Waals surface area contributed by atoms with Crippen molar-refractivity contribution in [3.63, 3.8) is 0 Å². The number of nitro groups is 1. The van der Waals surface area contributed by atoms with Crippen molar-refractivity contribution in [1.82, 2.24) is 10.6 Å². The molecule has 30 heavy (non-hydrogen) atoms. The number of rotatable bonds is 6. The minimum absolute atomic E-state index is 0.0883. The molecule has 0 saturated carbocycles. The molecule has 160 valence electrons. The highest BCUT2D eigenvalue weighted by atomic mass is 127. The number of carbonyl (C=O) groups excluding carboxylic acids is 1. The molecule has 2 rings (SSSR count). The maximum Gasteiger partial charge on any atom is 0.296 e. The molecule has 0 bridgehead atoms. The normalized spacial score (nSPS) is 11.9. The molecule has 0 heterocycles. The first kappa shape index (κ1) is 24.7. The highest BCUT2D eigenvalue weighted by Gasteiger charge is 2.35. The van der Waals surface area contributed by atoms with E-state index in [4.69, 9.17) is 51.8 Å². The second-order valence-corrected chi connectivity index (χ2v) is 9.72. The molecule has 0 spiro atoms. The number of alkyl halides is 3. The van der Waals surface area contributed by atoms with Gasteiger partial charge in [0.05, 0.1) is 18.1 Å².